The Balaban J connectivity index is -0.0000000575. The topological polar surface area (TPSA) is 43.4 Å². The van der Waals surface area contributed by atoms with Gasteiger partial charge in [-0.05, 0) is 0 Å². The number of rotatable bonds is 1. The van der Waals surface area contributed by atoms with E-state index >= 15 is 0 Å². The van der Waals surface area contributed by atoms with Gasteiger partial charge in [-0.25, -0.2) is 0 Å². The summed E-state index contributed by atoms with van der Waals surface area (Å²) >= 11 is 0. The number of hydrogen-bond donors (Lipinski definition) is 0. The van der Waals surface area contributed by atoms with Crippen LogP contribution in [0.15, 0.2) is 0 Å². The average Bonchev–Trinajstić information content (AvgIpc) is 1.69. The Kier molecular flexibility index (Phi) is 52.8. The van der Waals surface area contributed by atoms with Crippen LogP contribution in [0.3, 0.4) is 0 Å². The van der Waals surface area contributed by atoms with Crippen molar-refractivity contribution < 1.29 is 47.0 Å². The summed E-state index contributed by atoms with van der Waals surface area (Å²) in [5.41, 5.74) is 0. The normalized spacial score (nSPS) is 4.25. The molecule has 0 atom stereocenters. The van der Waals surface area contributed by atoms with E-state index in [-0.39, 0.29) is 32.7 Å². The molecule has 0 heterocycles. The fourth-order valence-electron chi connectivity index (χ4n) is 0. The molecule has 0 aromatic rings. The fraction of sp³-hybridized carbons (Fsp3) is 0.500. The van der Waals surface area contributed by atoms with Crippen LogP contribution in [-0.2, 0) is 47.0 Å². The van der Waals surface area contributed by atoms with Crippen molar-refractivity contribution in [1.82, 2.24) is 0 Å². The molecule has 0 fully saturated rings. The van der Waals surface area contributed by atoms with Crippen molar-refractivity contribution in [3.8, 4) is 0 Å². The van der Waals surface area contributed by atoms with E-state index in [4.69, 9.17) is 9.59 Å². The van der Waals surface area contributed by atoms with Gasteiger partial charge in [-0.2, -0.15) is 6.92 Å². The molecule has 0 aromatic carbocycles. The fourth-order valence-corrected chi connectivity index (χ4v) is 0. The molecule has 0 rings (SSSR count). The second-order valence-corrected chi connectivity index (χ2v) is 0.492. The molecule has 3 nitrogen and oxygen atoms in total. The van der Waals surface area contributed by atoms with Gasteiger partial charge < -0.3 is 14.3 Å². The van der Waals surface area contributed by atoms with Gasteiger partial charge in [0.2, 0.25) is 0 Å². The van der Waals surface area contributed by atoms with E-state index in [2.05, 4.69) is 4.74 Å². The van der Waals surface area contributed by atoms with Crippen molar-refractivity contribution in [3.05, 3.63) is 0 Å². The first-order valence-electron chi connectivity index (χ1n) is 1.52. The van der Waals surface area contributed by atoms with E-state index in [1.165, 1.54) is 26.8 Å². The molecule has 0 bridgehead atoms. The van der Waals surface area contributed by atoms with Crippen molar-refractivity contribution in [2.45, 2.75) is 6.92 Å². The summed E-state index contributed by atoms with van der Waals surface area (Å²) in [6.45, 7) is 2.50. The Morgan fingerprint density at radius 1 is 1.38 bits per heavy atom. The summed E-state index contributed by atoms with van der Waals surface area (Å²) in [6, 6.07) is 0. The van der Waals surface area contributed by atoms with Crippen molar-refractivity contribution in [3.63, 3.8) is 0 Å². The van der Waals surface area contributed by atoms with Gasteiger partial charge in [0.05, 0.1) is 0 Å². The van der Waals surface area contributed by atoms with Gasteiger partial charge >= 0.3 is 0 Å². The van der Waals surface area contributed by atoms with Gasteiger partial charge in [0.15, 0.2) is 0 Å². The number of hydrogen-bond acceptors (Lipinski definition) is 3. The van der Waals surface area contributed by atoms with Crippen LogP contribution in [0.5, 0.6) is 0 Å². The van der Waals surface area contributed by atoms with Crippen molar-refractivity contribution in [2.24, 2.45) is 0 Å². The molecule has 0 aliphatic rings. The first kappa shape index (κ1) is 15.7. The van der Waals surface area contributed by atoms with E-state index in [0.29, 0.717) is 0 Å². The van der Waals surface area contributed by atoms with E-state index in [1.807, 2.05) is 0 Å². The van der Waals surface area contributed by atoms with E-state index in [1.54, 1.807) is 0 Å². The van der Waals surface area contributed by atoms with Crippen LogP contribution in [0.2, 0.25) is 0 Å². The maximum absolute atomic E-state index is 8.83. The quantitative estimate of drug-likeness (QED) is 0.539. The van der Waals surface area contributed by atoms with Crippen LogP contribution in [0.1, 0.15) is 6.92 Å². The maximum atomic E-state index is 8.83. The SMILES string of the molecule is CO[C-]=O.C[C-]=O.[Y]. The van der Waals surface area contributed by atoms with Crippen LogP contribution >= 0.6 is 0 Å². The van der Waals surface area contributed by atoms with E-state index < -0.39 is 0 Å². The second-order valence-electron chi connectivity index (χ2n) is 0.492. The number of carbonyl (C=O) groups excluding carboxylic acids is 2. The summed E-state index contributed by atoms with van der Waals surface area (Å²) in [7, 11) is 1.26. The van der Waals surface area contributed by atoms with Crippen LogP contribution in [0.4, 0.5) is 0 Å². The molecule has 1 radical (unpaired) electrons. The largest absolute Gasteiger partial charge is 0.655 e. The van der Waals surface area contributed by atoms with Crippen LogP contribution in [0.25, 0.3) is 0 Å². The van der Waals surface area contributed by atoms with E-state index in [0.717, 1.165) is 0 Å². The summed E-state index contributed by atoms with van der Waals surface area (Å²) in [6.07, 6.45) is 1.50. The van der Waals surface area contributed by atoms with E-state index in [9.17, 15) is 0 Å². The molecule has 0 spiro atoms. The van der Waals surface area contributed by atoms with Crippen LogP contribution < -0.4 is 0 Å². The first-order chi connectivity index (χ1) is 3.33. The Labute approximate surface area is 73.7 Å². The van der Waals surface area contributed by atoms with Gasteiger partial charge in [-0.1, -0.05) is 6.47 Å². The van der Waals surface area contributed by atoms with Gasteiger partial charge in [0, 0.05) is 39.8 Å². The minimum atomic E-state index is 0. The zero-order valence-corrected chi connectivity index (χ0v) is 7.64. The van der Waals surface area contributed by atoms with Gasteiger partial charge in [-0.15, -0.1) is 0 Å². The smallest absolute Gasteiger partial charge is 0.0362 e. The van der Waals surface area contributed by atoms with Crippen LogP contribution in [-0.4, -0.2) is 19.9 Å². The number of ether oxygens (including phenoxy) is 1. The molecular weight excluding hydrogens is 185 g/mol. The number of methoxy groups -OCH3 is 1. The molecule has 45 valence electrons. The molecule has 0 aromatic heterocycles. The Bertz CT molecular complexity index is 46.5. The molecule has 0 aliphatic heterocycles. The van der Waals surface area contributed by atoms with Crippen molar-refractivity contribution in [1.29, 1.82) is 0 Å². The van der Waals surface area contributed by atoms with Crippen LogP contribution in [0, 0.1) is 0 Å². The standard InChI is InChI=1S/C2H3O2.C2H3O.Y/c1-4-2-3;1-2-3;/h1H3;1H3;/q2*-1;. The summed E-state index contributed by atoms with van der Waals surface area (Å²) in [5.74, 6) is 0. The van der Waals surface area contributed by atoms with Crippen molar-refractivity contribution in [2.75, 3.05) is 7.11 Å². The monoisotopic (exact) mass is 191 g/mol. The Morgan fingerprint density at radius 2 is 1.50 bits per heavy atom. The van der Waals surface area contributed by atoms with Gasteiger partial charge in [0.25, 0.3) is 0 Å². The third-order valence-corrected chi connectivity index (χ3v) is 0.0833. The summed E-state index contributed by atoms with van der Waals surface area (Å²) < 4.78 is 3.74. The predicted octanol–water partition coefficient (Wildman–Crippen LogP) is -0.186. The minimum Gasteiger partial charge on any atom is -0.655 e. The van der Waals surface area contributed by atoms with Crippen molar-refractivity contribution >= 4 is 12.8 Å². The zero-order valence-electron chi connectivity index (χ0n) is 4.80. The van der Waals surface area contributed by atoms with Gasteiger partial charge in [0.1, 0.15) is 0 Å². The predicted molar refractivity (Wildman–Crippen MR) is 24.1 cm³/mol. The molecule has 4 heteroatoms. The average molecular weight is 191 g/mol. The third kappa shape index (κ3) is 111. The molecule has 0 amide bonds. The molecule has 0 N–H and O–H groups in total. The summed E-state index contributed by atoms with van der Waals surface area (Å²) in [5, 5.41) is 0. The van der Waals surface area contributed by atoms with Gasteiger partial charge in [-0.3, -0.25) is 6.29 Å². The molecule has 0 unspecified atom stereocenters. The molecular formula is C4H6O3Y-2. The zero-order chi connectivity index (χ0) is 6.12. The third-order valence-electron chi connectivity index (χ3n) is 0.0833. The maximum Gasteiger partial charge on any atom is 0.0362 e. The molecule has 0 saturated heterocycles. The molecule has 0 aliphatic carbocycles. The summed E-state index contributed by atoms with van der Waals surface area (Å²) in [4.78, 5) is 17.5. The Hall–Kier alpha value is 0.244. The minimum absolute atomic E-state index is 0. The first-order valence-corrected chi connectivity index (χ1v) is 1.52. The molecule has 0 saturated carbocycles. The molecule has 8 heavy (non-hydrogen) atoms. The second kappa shape index (κ2) is 26.8. The Morgan fingerprint density at radius 3 is 1.50 bits per heavy atom.